The largest absolute Gasteiger partial charge is 0.492 e. The zero-order valence-electron chi connectivity index (χ0n) is 20.3. The normalized spacial score (nSPS) is 18.1. The molecule has 1 saturated heterocycles. The fourth-order valence-corrected chi connectivity index (χ4v) is 5.92. The summed E-state index contributed by atoms with van der Waals surface area (Å²) in [6.45, 7) is 5.61. The number of nitrogens with zero attached hydrogens (tertiary/aromatic N) is 3. The number of nitriles is 1. The minimum absolute atomic E-state index is 0.0446. The summed E-state index contributed by atoms with van der Waals surface area (Å²) in [5.74, 6) is 1.06. The van der Waals surface area contributed by atoms with Crippen molar-refractivity contribution in [3.8, 4) is 22.9 Å². The molecule has 0 saturated carbocycles. The topological polar surface area (TPSA) is 56.6 Å². The van der Waals surface area contributed by atoms with Crippen LogP contribution in [0.1, 0.15) is 45.5 Å². The summed E-state index contributed by atoms with van der Waals surface area (Å²) in [5, 5.41) is 9.13. The Labute approximate surface area is 206 Å². The molecule has 3 aromatic carbocycles. The molecule has 3 aliphatic heterocycles. The smallest absolute Gasteiger partial charge is 0.258 e. The van der Waals surface area contributed by atoms with Crippen molar-refractivity contribution in [2.75, 3.05) is 38.2 Å². The Morgan fingerprint density at radius 3 is 2.51 bits per heavy atom. The highest BCUT2D eigenvalue weighted by atomic mass is 16.5. The minimum Gasteiger partial charge on any atom is -0.492 e. The molecule has 3 aliphatic rings. The van der Waals surface area contributed by atoms with Gasteiger partial charge in [-0.05, 0) is 105 Å². The van der Waals surface area contributed by atoms with Crippen LogP contribution in [0.5, 0.6) is 5.75 Å². The van der Waals surface area contributed by atoms with E-state index in [0.29, 0.717) is 17.7 Å². The lowest BCUT2D eigenvalue weighted by Crippen LogP contribution is -2.42. The van der Waals surface area contributed by atoms with Gasteiger partial charge in [0.15, 0.2) is 0 Å². The van der Waals surface area contributed by atoms with Crippen molar-refractivity contribution in [1.29, 1.82) is 5.26 Å². The highest BCUT2D eigenvalue weighted by Crippen LogP contribution is 2.49. The van der Waals surface area contributed by atoms with Gasteiger partial charge in [-0.25, -0.2) is 0 Å². The van der Waals surface area contributed by atoms with Crippen molar-refractivity contribution in [2.45, 2.75) is 31.6 Å². The minimum atomic E-state index is 0.0446. The first-order chi connectivity index (χ1) is 17.0. The third kappa shape index (κ3) is 3.61. The van der Waals surface area contributed by atoms with E-state index in [1.54, 1.807) is 0 Å². The Bertz CT molecular complexity index is 1360. The molecule has 35 heavy (non-hydrogen) atoms. The second-order valence-corrected chi connectivity index (χ2v) is 10.3. The summed E-state index contributed by atoms with van der Waals surface area (Å²) in [4.78, 5) is 17.9. The van der Waals surface area contributed by atoms with E-state index in [9.17, 15) is 4.79 Å². The summed E-state index contributed by atoms with van der Waals surface area (Å²) < 4.78 is 6.17. The number of piperidine rings is 1. The molecular weight excluding hydrogens is 434 g/mol. The zero-order chi connectivity index (χ0) is 24.2. The van der Waals surface area contributed by atoms with Crippen LogP contribution in [0.2, 0.25) is 0 Å². The number of fused-ring (bicyclic) bond motifs is 3. The number of amides is 1. The van der Waals surface area contributed by atoms with Crippen molar-refractivity contribution in [2.24, 2.45) is 0 Å². The average Bonchev–Trinajstić information content (AvgIpc) is 3.45. The lowest BCUT2D eigenvalue weighted by atomic mass is 9.74. The van der Waals surface area contributed by atoms with E-state index < -0.39 is 0 Å². The maximum Gasteiger partial charge on any atom is 0.258 e. The van der Waals surface area contributed by atoms with Crippen LogP contribution in [0, 0.1) is 18.3 Å². The van der Waals surface area contributed by atoms with Crippen LogP contribution in [0.15, 0.2) is 54.6 Å². The second kappa shape index (κ2) is 8.25. The Balaban J connectivity index is 1.28. The quantitative estimate of drug-likeness (QED) is 0.531. The molecule has 3 aromatic rings. The van der Waals surface area contributed by atoms with Gasteiger partial charge in [0.05, 0.1) is 18.2 Å². The summed E-state index contributed by atoms with van der Waals surface area (Å²) in [7, 11) is 2.18. The third-order valence-corrected chi connectivity index (χ3v) is 8.14. The van der Waals surface area contributed by atoms with Crippen LogP contribution in [-0.2, 0) is 11.8 Å². The van der Waals surface area contributed by atoms with Crippen molar-refractivity contribution < 1.29 is 9.53 Å². The van der Waals surface area contributed by atoms with E-state index in [-0.39, 0.29) is 11.3 Å². The van der Waals surface area contributed by atoms with Gasteiger partial charge >= 0.3 is 0 Å². The number of hydrogen-bond acceptors (Lipinski definition) is 4. The highest BCUT2D eigenvalue weighted by Gasteiger charge is 2.44. The molecular formula is C30H29N3O2. The molecule has 0 radical (unpaired) electrons. The van der Waals surface area contributed by atoms with E-state index in [1.165, 1.54) is 11.1 Å². The standard InChI is InChI=1S/C30H29N3O2/c1-20-15-21(18-31)3-8-25(20)22-4-6-23(7-5-22)29(34)33-12-9-24-16-28-26(17-27(24)33)30(19-35-28)10-13-32(2)14-11-30/h3-8,15-17H,9-14,19H2,1-2H3. The summed E-state index contributed by atoms with van der Waals surface area (Å²) in [6, 6.07) is 20.2. The zero-order valence-corrected chi connectivity index (χ0v) is 20.3. The number of hydrogen-bond donors (Lipinski definition) is 0. The first-order valence-electron chi connectivity index (χ1n) is 12.4. The third-order valence-electron chi connectivity index (χ3n) is 8.14. The molecule has 1 fully saturated rings. The van der Waals surface area contributed by atoms with Gasteiger partial charge in [0, 0.05) is 28.8 Å². The van der Waals surface area contributed by atoms with Crippen LogP contribution in [0.25, 0.3) is 11.1 Å². The molecule has 1 amide bonds. The Morgan fingerprint density at radius 2 is 1.80 bits per heavy atom. The van der Waals surface area contributed by atoms with E-state index in [0.717, 1.165) is 67.1 Å². The number of anilines is 1. The van der Waals surface area contributed by atoms with E-state index in [1.807, 2.05) is 54.3 Å². The second-order valence-electron chi connectivity index (χ2n) is 10.3. The molecule has 3 heterocycles. The number of aryl methyl sites for hydroxylation is 1. The van der Waals surface area contributed by atoms with E-state index >= 15 is 0 Å². The number of likely N-dealkylation sites (tertiary alicyclic amines) is 1. The highest BCUT2D eigenvalue weighted by molar-refractivity contribution is 6.07. The predicted molar refractivity (Wildman–Crippen MR) is 137 cm³/mol. The maximum atomic E-state index is 13.6. The molecule has 0 N–H and O–H groups in total. The predicted octanol–water partition coefficient (Wildman–Crippen LogP) is 5.09. The molecule has 0 aromatic heterocycles. The SMILES string of the molecule is Cc1cc(C#N)ccc1-c1ccc(C(=O)N2CCc3cc4c(cc32)C2(CCN(C)CC2)CO4)cc1. The molecule has 0 atom stereocenters. The van der Waals surface area contributed by atoms with Gasteiger partial charge in [0.2, 0.25) is 0 Å². The molecule has 6 rings (SSSR count). The van der Waals surface area contributed by atoms with Crippen molar-refractivity contribution >= 4 is 11.6 Å². The van der Waals surface area contributed by atoms with E-state index in [2.05, 4.69) is 30.1 Å². The lowest BCUT2D eigenvalue weighted by molar-refractivity contribution is 0.0989. The lowest BCUT2D eigenvalue weighted by Gasteiger charge is -2.37. The van der Waals surface area contributed by atoms with Crippen LogP contribution in [-0.4, -0.2) is 44.1 Å². The van der Waals surface area contributed by atoms with Gasteiger partial charge in [0.25, 0.3) is 5.91 Å². The molecule has 5 heteroatoms. The van der Waals surface area contributed by atoms with Gasteiger partial charge in [0.1, 0.15) is 5.75 Å². The van der Waals surface area contributed by atoms with Gasteiger partial charge in [-0.1, -0.05) is 18.2 Å². The Morgan fingerprint density at radius 1 is 1.03 bits per heavy atom. The number of carbonyl (C=O) groups excluding carboxylic acids is 1. The van der Waals surface area contributed by atoms with Crippen LogP contribution in [0.3, 0.4) is 0 Å². The van der Waals surface area contributed by atoms with Crippen LogP contribution < -0.4 is 9.64 Å². The van der Waals surface area contributed by atoms with Crippen molar-refractivity contribution in [3.05, 3.63) is 82.4 Å². The summed E-state index contributed by atoms with van der Waals surface area (Å²) in [6.07, 6.45) is 3.05. The van der Waals surface area contributed by atoms with Gasteiger partial charge < -0.3 is 14.5 Å². The number of carbonyl (C=O) groups is 1. The Kier molecular flexibility index (Phi) is 5.16. The Hall–Kier alpha value is -3.62. The number of ether oxygens (including phenoxy) is 1. The molecule has 0 unspecified atom stereocenters. The number of rotatable bonds is 2. The van der Waals surface area contributed by atoms with Crippen LogP contribution in [0.4, 0.5) is 5.69 Å². The summed E-state index contributed by atoms with van der Waals surface area (Å²) >= 11 is 0. The van der Waals surface area contributed by atoms with Gasteiger partial charge in [-0.3, -0.25) is 4.79 Å². The fourth-order valence-electron chi connectivity index (χ4n) is 5.92. The molecule has 0 aliphatic carbocycles. The first kappa shape index (κ1) is 21.9. The average molecular weight is 464 g/mol. The maximum absolute atomic E-state index is 13.6. The summed E-state index contributed by atoms with van der Waals surface area (Å²) in [5.41, 5.74) is 8.14. The van der Waals surface area contributed by atoms with Crippen LogP contribution >= 0.6 is 0 Å². The number of benzene rings is 3. The van der Waals surface area contributed by atoms with Crippen molar-refractivity contribution in [3.63, 3.8) is 0 Å². The molecule has 1 spiro atoms. The van der Waals surface area contributed by atoms with E-state index in [4.69, 9.17) is 10.00 Å². The first-order valence-corrected chi connectivity index (χ1v) is 12.4. The fraction of sp³-hybridized carbons (Fsp3) is 0.333. The molecule has 5 nitrogen and oxygen atoms in total. The monoisotopic (exact) mass is 463 g/mol. The molecule has 0 bridgehead atoms. The van der Waals surface area contributed by atoms with Crippen molar-refractivity contribution in [1.82, 2.24) is 4.90 Å². The van der Waals surface area contributed by atoms with Gasteiger partial charge in [-0.2, -0.15) is 5.26 Å². The van der Waals surface area contributed by atoms with Gasteiger partial charge in [-0.15, -0.1) is 0 Å². The molecule has 176 valence electrons.